The molecule has 20 heavy (non-hydrogen) atoms. The standard InChI is InChI=1S/C15H14N2O3/c1-10(18)17-8-7-11-4-2-5-12(14(11)17)16-15(19)13-6-3-9-20-13/h2-6,9H,7-8H2,1H3,(H,16,19). The number of furan rings is 1. The van der Waals surface area contributed by atoms with Gasteiger partial charge in [0.1, 0.15) is 0 Å². The molecule has 0 atom stereocenters. The third-order valence-corrected chi connectivity index (χ3v) is 3.37. The zero-order valence-corrected chi connectivity index (χ0v) is 11.1. The first-order valence-corrected chi connectivity index (χ1v) is 6.41. The number of benzene rings is 1. The van der Waals surface area contributed by atoms with Crippen molar-refractivity contribution < 1.29 is 14.0 Å². The molecule has 1 N–H and O–H groups in total. The first-order chi connectivity index (χ1) is 9.66. The van der Waals surface area contributed by atoms with E-state index >= 15 is 0 Å². The Morgan fingerprint density at radius 1 is 1.25 bits per heavy atom. The molecule has 0 saturated heterocycles. The van der Waals surface area contributed by atoms with Crippen LogP contribution in [0, 0.1) is 0 Å². The smallest absolute Gasteiger partial charge is 0.291 e. The van der Waals surface area contributed by atoms with Crippen LogP contribution in [0.1, 0.15) is 23.0 Å². The second-order valence-electron chi connectivity index (χ2n) is 4.67. The Morgan fingerprint density at radius 3 is 2.80 bits per heavy atom. The van der Waals surface area contributed by atoms with E-state index in [9.17, 15) is 9.59 Å². The summed E-state index contributed by atoms with van der Waals surface area (Å²) in [7, 11) is 0. The molecule has 0 saturated carbocycles. The lowest BCUT2D eigenvalue weighted by Gasteiger charge is -2.18. The highest BCUT2D eigenvalue weighted by Gasteiger charge is 2.26. The number of anilines is 2. The molecule has 5 nitrogen and oxygen atoms in total. The zero-order chi connectivity index (χ0) is 14.1. The van der Waals surface area contributed by atoms with Crippen molar-refractivity contribution in [2.24, 2.45) is 0 Å². The minimum absolute atomic E-state index is 0.0246. The number of hydrogen-bond donors (Lipinski definition) is 1. The highest BCUT2D eigenvalue weighted by Crippen LogP contribution is 2.35. The van der Waals surface area contributed by atoms with Gasteiger partial charge in [-0.05, 0) is 30.2 Å². The Kier molecular flexibility index (Phi) is 3.02. The molecule has 1 aromatic carbocycles. The third-order valence-electron chi connectivity index (χ3n) is 3.37. The van der Waals surface area contributed by atoms with Crippen LogP contribution in [0.5, 0.6) is 0 Å². The van der Waals surface area contributed by atoms with E-state index in [2.05, 4.69) is 5.32 Å². The zero-order valence-electron chi connectivity index (χ0n) is 11.1. The molecule has 2 aromatic rings. The minimum Gasteiger partial charge on any atom is -0.459 e. The van der Waals surface area contributed by atoms with Gasteiger partial charge in [0.05, 0.1) is 17.6 Å². The molecule has 0 spiro atoms. The summed E-state index contributed by atoms with van der Waals surface area (Å²) in [6.07, 6.45) is 2.26. The Hall–Kier alpha value is -2.56. The van der Waals surface area contributed by atoms with Gasteiger partial charge in [0.2, 0.25) is 5.91 Å². The molecule has 1 aliphatic rings. The Morgan fingerprint density at radius 2 is 2.10 bits per heavy atom. The van der Waals surface area contributed by atoms with Crippen LogP contribution in [0.3, 0.4) is 0 Å². The Labute approximate surface area is 116 Å². The van der Waals surface area contributed by atoms with Crippen molar-refractivity contribution in [3.63, 3.8) is 0 Å². The van der Waals surface area contributed by atoms with Gasteiger partial charge in [0.25, 0.3) is 5.91 Å². The number of fused-ring (bicyclic) bond motifs is 1. The second-order valence-corrected chi connectivity index (χ2v) is 4.67. The van der Waals surface area contributed by atoms with E-state index in [4.69, 9.17) is 4.42 Å². The maximum Gasteiger partial charge on any atom is 0.291 e. The highest BCUT2D eigenvalue weighted by molar-refractivity contribution is 6.07. The number of nitrogens with one attached hydrogen (secondary N) is 1. The van der Waals surface area contributed by atoms with Gasteiger partial charge in [-0.15, -0.1) is 0 Å². The van der Waals surface area contributed by atoms with E-state index in [1.54, 1.807) is 23.1 Å². The van der Waals surface area contributed by atoms with E-state index in [0.717, 1.165) is 17.7 Å². The van der Waals surface area contributed by atoms with Gasteiger partial charge in [0, 0.05) is 13.5 Å². The number of carbonyl (C=O) groups excluding carboxylic acids is 2. The van der Waals surface area contributed by atoms with E-state index in [0.29, 0.717) is 12.2 Å². The third kappa shape index (κ3) is 2.07. The summed E-state index contributed by atoms with van der Waals surface area (Å²) in [6, 6.07) is 8.90. The molecular weight excluding hydrogens is 256 g/mol. The molecule has 0 radical (unpaired) electrons. The van der Waals surface area contributed by atoms with E-state index < -0.39 is 0 Å². The molecule has 0 unspecified atom stereocenters. The first kappa shape index (κ1) is 12.5. The van der Waals surface area contributed by atoms with Gasteiger partial charge in [-0.25, -0.2) is 0 Å². The van der Waals surface area contributed by atoms with Crippen LogP contribution in [0.2, 0.25) is 0 Å². The fourth-order valence-corrected chi connectivity index (χ4v) is 2.46. The molecule has 2 amide bonds. The minimum atomic E-state index is -0.321. The van der Waals surface area contributed by atoms with Crippen molar-refractivity contribution in [1.82, 2.24) is 0 Å². The number of rotatable bonds is 2. The number of hydrogen-bond acceptors (Lipinski definition) is 3. The summed E-state index contributed by atoms with van der Waals surface area (Å²) >= 11 is 0. The van der Waals surface area contributed by atoms with Crippen molar-refractivity contribution in [3.8, 4) is 0 Å². The highest BCUT2D eigenvalue weighted by atomic mass is 16.3. The molecule has 0 fully saturated rings. The summed E-state index contributed by atoms with van der Waals surface area (Å²) in [4.78, 5) is 25.4. The van der Waals surface area contributed by atoms with Crippen molar-refractivity contribution in [1.29, 1.82) is 0 Å². The molecule has 2 heterocycles. The maximum absolute atomic E-state index is 12.0. The van der Waals surface area contributed by atoms with Crippen molar-refractivity contribution in [2.45, 2.75) is 13.3 Å². The molecule has 1 aliphatic heterocycles. The van der Waals surface area contributed by atoms with Crippen molar-refractivity contribution in [2.75, 3.05) is 16.8 Å². The lowest BCUT2D eigenvalue weighted by atomic mass is 10.1. The molecule has 102 valence electrons. The van der Waals surface area contributed by atoms with E-state index in [1.165, 1.54) is 13.2 Å². The molecular formula is C15H14N2O3. The lowest BCUT2D eigenvalue weighted by molar-refractivity contribution is -0.116. The number of para-hydroxylation sites is 1. The van der Waals surface area contributed by atoms with E-state index in [1.807, 2.05) is 12.1 Å². The average molecular weight is 270 g/mol. The van der Waals surface area contributed by atoms with E-state index in [-0.39, 0.29) is 17.6 Å². The van der Waals surface area contributed by atoms with Gasteiger partial charge < -0.3 is 14.6 Å². The summed E-state index contributed by atoms with van der Waals surface area (Å²) in [5, 5.41) is 2.80. The fraction of sp³-hybridized carbons (Fsp3) is 0.200. The van der Waals surface area contributed by atoms with Crippen molar-refractivity contribution in [3.05, 3.63) is 47.9 Å². The lowest BCUT2D eigenvalue weighted by Crippen LogP contribution is -2.27. The molecule has 0 aliphatic carbocycles. The summed E-state index contributed by atoms with van der Waals surface area (Å²) in [5.41, 5.74) is 2.49. The Bertz CT molecular complexity index is 662. The summed E-state index contributed by atoms with van der Waals surface area (Å²) < 4.78 is 5.07. The average Bonchev–Trinajstić information content (AvgIpc) is 3.08. The summed E-state index contributed by atoms with van der Waals surface area (Å²) in [6.45, 7) is 2.18. The summed E-state index contributed by atoms with van der Waals surface area (Å²) in [5.74, 6) is -0.0998. The largest absolute Gasteiger partial charge is 0.459 e. The second kappa shape index (κ2) is 4.85. The van der Waals surface area contributed by atoms with Crippen LogP contribution in [-0.2, 0) is 11.2 Å². The number of nitrogens with zero attached hydrogens (tertiary/aromatic N) is 1. The molecule has 3 rings (SSSR count). The number of amides is 2. The van der Waals surface area contributed by atoms with Crippen molar-refractivity contribution >= 4 is 23.2 Å². The van der Waals surface area contributed by atoms with Crippen LogP contribution >= 0.6 is 0 Å². The van der Waals surface area contributed by atoms with Gasteiger partial charge in [-0.2, -0.15) is 0 Å². The van der Waals surface area contributed by atoms with Crippen LogP contribution in [-0.4, -0.2) is 18.4 Å². The van der Waals surface area contributed by atoms with Gasteiger partial charge >= 0.3 is 0 Å². The SMILES string of the molecule is CC(=O)N1CCc2cccc(NC(=O)c3ccco3)c21. The maximum atomic E-state index is 12.0. The first-order valence-electron chi connectivity index (χ1n) is 6.41. The molecule has 5 heteroatoms. The topological polar surface area (TPSA) is 62.6 Å². The predicted octanol–water partition coefficient (Wildman–Crippen LogP) is 2.44. The molecule has 1 aromatic heterocycles. The fourth-order valence-electron chi connectivity index (χ4n) is 2.46. The van der Waals surface area contributed by atoms with Crippen LogP contribution in [0.25, 0.3) is 0 Å². The van der Waals surface area contributed by atoms with Gasteiger partial charge in [0.15, 0.2) is 5.76 Å². The quantitative estimate of drug-likeness (QED) is 0.911. The Balaban J connectivity index is 1.93. The number of carbonyl (C=O) groups is 2. The van der Waals surface area contributed by atoms with Crippen LogP contribution < -0.4 is 10.2 Å². The normalized spacial score (nSPS) is 13.2. The van der Waals surface area contributed by atoms with Gasteiger partial charge in [-0.1, -0.05) is 12.1 Å². The van der Waals surface area contributed by atoms with Crippen LogP contribution in [0.15, 0.2) is 41.0 Å². The monoisotopic (exact) mass is 270 g/mol. The van der Waals surface area contributed by atoms with Crippen LogP contribution in [0.4, 0.5) is 11.4 Å². The molecule has 0 bridgehead atoms. The van der Waals surface area contributed by atoms with Gasteiger partial charge in [-0.3, -0.25) is 9.59 Å². The predicted molar refractivity (Wildman–Crippen MR) is 74.8 cm³/mol.